The van der Waals surface area contributed by atoms with Gasteiger partial charge in [0.1, 0.15) is 11.9 Å². The summed E-state index contributed by atoms with van der Waals surface area (Å²) in [5.41, 5.74) is 0. The Labute approximate surface area is 71.8 Å². The van der Waals surface area contributed by atoms with E-state index >= 15 is 0 Å². The maximum Gasteiger partial charge on any atom is 0.132 e. The lowest BCUT2D eigenvalue weighted by Crippen LogP contribution is -2.15. The second-order valence-corrected chi connectivity index (χ2v) is 2.76. The van der Waals surface area contributed by atoms with Crippen LogP contribution in [0.25, 0.3) is 0 Å². The third-order valence-corrected chi connectivity index (χ3v) is 1.58. The molecule has 0 bridgehead atoms. The van der Waals surface area contributed by atoms with Crippen molar-refractivity contribution in [1.82, 2.24) is 0 Å². The number of hydrogen-bond donors (Lipinski definition) is 3. The summed E-state index contributed by atoms with van der Waals surface area (Å²) in [7, 11) is 0. The molecule has 0 saturated heterocycles. The van der Waals surface area contributed by atoms with Gasteiger partial charge in [0.25, 0.3) is 0 Å². The van der Waals surface area contributed by atoms with E-state index in [9.17, 15) is 4.79 Å². The molecule has 0 amide bonds. The fourth-order valence-electron chi connectivity index (χ4n) is 0.827. The van der Waals surface area contributed by atoms with E-state index in [-0.39, 0.29) is 13.2 Å². The van der Waals surface area contributed by atoms with Crippen molar-refractivity contribution in [2.45, 2.75) is 31.8 Å². The van der Waals surface area contributed by atoms with Gasteiger partial charge < -0.3 is 15.3 Å². The number of carbonyl (C=O) groups excluding carboxylic acids is 1. The molecule has 0 aromatic rings. The van der Waals surface area contributed by atoms with Crippen LogP contribution in [0, 0.1) is 0 Å². The SMILES string of the molecule is O=C1CCCC1.OCC(O)CO. The van der Waals surface area contributed by atoms with Crippen LogP contribution in [0.2, 0.25) is 0 Å². The quantitative estimate of drug-likeness (QED) is 0.528. The molecule has 1 aliphatic carbocycles. The van der Waals surface area contributed by atoms with Crippen molar-refractivity contribution in [2.24, 2.45) is 0 Å². The molecule has 1 saturated carbocycles. The highest BCUT2D eigenvalue weighted by atomic mass is 16.3. The zero-order valence-electron chi connectivity index (χ0n) is 7.07. The highest BCUT2D eigenvalue weighted by Crippen LogP contribution is 2.11. The lowest BCUT2D eigenvalue weighted by atomic mass is 10.4. The molecule has 0 spiro atoms. The van der Waals surface area contributed by atoms with Crippen LogP contribution >= 0.6 is 0 Å². The van der Waals surface area contributed by atoms with Crippen LogP contribution in [-0.4, -0.2) is 40.4 Å². The van der Waals surface area contributed by atoms with Crippen LogP contribution < -0.4 is 0 Å². The number of ketones is 1. The molecule has 1 aliphatic rings. The average molecular weight is 176 g/mol. The van der Waals surface area contributed by atoms with E-state index in [1.807, 2.05) is 0 Å². The molecule has 0 radical (unpaired) electrons. The molecule has 12 heavy (non-hydrogen) atoms. The van der Waals surface area contributed by atoms with Crippen molar-refractivity contribution in [3.05, 3.63) is 0 Å². The molecule has 0 aromatic heterocycles. The molecule has 3 N–H and O–H groups in total. The van der Waals surface area contributed by atoms with Crippen molar-refractivity contribution >= 4 is 5.78 Å². The Morgan fingerprint density at radius 3 is 1.67 bits per heavy atom. The molecule has 0 heterocycles. The van der Waals surface area contributed by atoms with Gasteiger partial charge in [0, 0.05) is 12.8 Å². The highest BCUT2D eigenvalue weighted by molar-refractivity contribution is 5.79. The van der Waals surface area contributed by atoms with E-state index in [4.69, 9.17) is 15.3 Å². The summed E-state index contributed by atoms with van der Waals surface area (Å²) in [5.74, 6) is 0.454. The van der Waals surface area contributed by atoms with E-state index in [2.05, 4.69) is 0 Å². The van der Waals surface area contributed by atoms with Crippen LogP contribution in [0.3, 0.4) is 0 Å². The largest absolute Gasteiger partial charge is 0.394 e. The molecule has 0 aliphatic heterocycles. The summed E-state index contributed by atoms with van der Waals surface area (Å²) in [4.78, 5) is 10.2. The van der Waals surface area contributed by atoms with Gasteiger partial charge in [-0.25, -0.2) is 0 Å². The van der Waals surface area contributed by atoms with Crippen molar-refractivity contribution < 1.29 is 20.1 Å². The van der Waals surface area contributed by atoms with E-state index in [1.165, 1.54) is 0 Å². The number of Topliss-reactive ketones (excluding diaryl/α,β-unsaturated/α-hetero) is 1. The minimum Gasteiger partial charge on any atom is -0.394 e. The lowest BCUT2D eigenvalue weighted by molar-refractivity contribution is -0.117. The Bertz CT molecular complexity index is 112. The molecule has 0 atom stereocenters. The Morgan fingerprint density at radius 2 is 1.58 bits per heavy atom. The van der Waals surface area contributed by atoms with Gasteiger partial charge in [0.05, 0.1) is 13.2 Å². The van der Waals surface area contributed by atoms with Crippen molar-refractivity contribution in [3.8, 4) is 0 Å². The van der Waals surface area contributed by atoms with Gasteiger partial charge in [0.15, 0.2) is 0 Å². The van der Waals surface area contributed by atoms with Gasteiger partial charge in [-0.05, 0) is 12.8 Å². The number of hydrogen-bond acceptors (Lipinski definition) is 4. The fraction of sp³-hybridized carbons (Fsp3) is 0.875. The first-order chi connectivity index (χ1) is 5.70. The monoisotopic (exact) mass is 176 g/mol. The zero-order valence-corrected chi connectivity index (χ0v) is 7.07. The summed E-state index contributed by atoms with van der Waals surface area (Å²) in [6.07, 6.45) is 3.02. The Morgan fingerprint density at radius 1 is 1.17 bits per heavy atom. The van der Waals surface area contributed by atoms with E-state index in [0.29, 0.717) is 5.78 Å². The molecule has 4 heteroatoms. The normalized spacial score (nSPS) is 16.2. The Kier molecular flexibility index (Phi) is 6.94. The molecular weight excluding hydrogens is 160 g/mol. The Balaban J connectivity index is 0.000000202. The van der Waals surface area contributed by atoms with Crippen LogP contribution in [-0.2, 0) is 4.79 Å². The third-order valence-electron chi connectivity index (χ3n) is 1.58. The van der Waals surface area contributed by atoms with Gasteiger partial charge >= 0.3 is 0 Å². The molecule has 0 unspecified atom stereocenters. The van der Waals surface area contributed by atoms with Gasteiger partial charge in [-0.1, -0.05) is 0 Å². The van der Waals surface area contributed by atoms with Gasteiger partial charge in [0.2, 0.25) is 0 Å². The first kappa shape index (κ1) is 11.6. The predicted molar refractivity (Wildman–Crippen MR) is 43.7 cm³/mol. The van der Waals surface area contributed by atoms with E-state index in [0.717, 1.165) is 25.7 Å². The summed E-state index contributed by atoms with van der Waals surface area (Å²) in [6, 6.07) is 0. The summed E-state index contributed by atoms with van der Waals surface area (Å²) < 4.78 is 0. The Hall–Kier alpha value is -0.450. The van der Waals surface area contributed by atoms with Crippen LogP contribution in [0.15, 0.2) is 0 Å². The average Bonchev–Trinajstić information content (AvgIpc) is 2.55. The summed E-state index contributed by atoms with van der Waals surface area (Å²) >= 11 is 0. The highest BCUT2D eigenvalue weighted by Gasteiger charge is 2.07. The number of carbonyl (C=O) groups is 1. The number of aliphatic hydroxyl groups excluding tert-OH is 3. The topological polar surface area (TPSA) is 77.8 Å². The van der Waals surface area contributed by atoms with Crippen LogP contribution in [0.4, 0.5) is 0 Å². The lowest BCUT2D eigenvalue weighted by Gasteiger charge is -1.96. The van der Waals surface area contributed by atoms with E-state index < -0.39 is 6.10 Å². The van der Waals surface area contributed by atoms with Crippen molar-refractivity contribution in [2.75, 3.05) is 13.2 Å². The van der Waals surface area contributed by atoms with Gasteiger partial charge in [-0.15, -0.1) is 0 Å². The van der Waals surface area contributed by atoms with Crippen molar-refractivity contribution in [3.63, 3.8) is 0 Å². The molecule has 0 aromatic carbocycles. The molecule has 1 fully saturated rings. The van der Waals surface area contributed by atoms with Gasteiger partial charge in [-0.2, -0.15) is 0 Å². The first-order valence-electron chi connectivity index (χ1n) is 4.12. The standard InChI is InChI=1S/C5H8O.C3H8O3/c6-5-3-1-2-4-5;4-1-3(6)2-5/h1-4H2;3-6H,1-2H2. The van der Waals surface area contributed by atoms with Gasteiger partial charge in [-0.3, -0.25) is 4.79 Å². The third kappa shape index (κ3) is 6.27. The molecule has 1 rings (SSSR count). The zero-order chi connectivity index (χ0) is 9.40. The first-order valence-corrected chi connectivity index (χ1v) is 4.12. The van der Waals surface area contributed by atoms with Crippen LogP contribution in [0.5, 0.6) is 0 Å². The minimum absolute atomic E-state index is 0.365. The van der Waals surface area contributed by atoms with Crippen molar-refractivity contribution in [1.29, 1.82) is 0 Å². The maximum atomic E-state index is 10.2. The number of aliphatic hydroxyl groups is 3. The number of rotatable bonds is 2. The smallest absolute Gasteiger partial charge is 0.132 e. The van der Waals surface area contributed by atoms with E-state index in [1.54, 1.807) is 0 Å². The second kappa shape index (κ2) is 7.21. The maximum absolute atomic E-state index is 10.2. The summed E-state index contributed by atoms with van der Waals surface area (Å²) in [6.45, 7) is -0.729. The fourth-order valence-corrected chi connectivity index (χ4v) is 0.827. The predicted octanol–water partition coefficient (Wildman–Crippen LogP) is -0.539. The minimum atomic E-state index is -0.954. The molecule has 4 nitrogen and oxygen atoms in total. The second-order valence-electron chi connectivity index (χ2n) is 2.76. The molecular formula is C8H16O4. The van der Waals surface area contributed by atoms with Crippen LogP contribution in [0.1, 0.15) is 25.7 Å². The molecule has 72 valence electrons. The summed E-state index contributed by atoms with van der Waals surface area (Å²) in [5, 5.41) is 24.0.